The molecule has 1 saturated heterocycles. The van der Waals surface area contributed by atoms with Crippen LogP contribution in [0.5, 0.6) is 0 Å². The van der Waals surface area contributed by atoms with Crippen LogP contribution < -0.4 is 11.1 Å². The summed E-state index contributed by atoms with van der Waals surface area (Å²) < 4.78 is 14.1. The summed E-state index contributed by atoms with van der Waals surface area (Å²) >= 11 is 8.09. The van der Waals surface area contributed by atoms with Crippen molar-refractivity contribution in [1.82, 2.24) is 19.6 Å². The number of nitrogen functional groups attached to an aromatic ring is 1. The summed E-state index contributed by atoms with van der Waals surface area (Å²) in [5.74, 6) is -2.60. The van der Waals surface area contributed by atoms with E-state index >= 15 is 0 Å². The van der Waals surface area contributed by atoms with Gasteiger partial charge in [0.1, 0.15) is 22.7 Å². The van der Waals surface area contributed by atoms with Crippen molar-refractivity contribution in [2.24, 2.45) is 5.16 Å². The number of carbonyl (C=O) groups excluding carboxylic acids is 4. The van der Waals surface area contributed by atoms with Gasteiger partial charge in [0.2, 0.25) is 17.1 Å². The Morgan fingerprint density at radius 1 is 1.30 bits per heavy atom. The predicted octanol–water partition coefficient (Wildman–Crippen LogP) is 1.19. The first kappa shape index (κ1) is 29.1. The van der Waals surface area contributed by atoms with Gasteiger partial charge in [0, 0.05) is 23.2 Å². The number of oxime groups is 1. The minimum atomic E-state index is -1.57. The smallest absolute Gasteiger partial charge is 0.357 e. The Balaban J connectivity index is 1.83. The van der Waals surface area contributed by atoms with Crippen molar-refractivity contribution in [3.05, 3.63) is 17.1 Å². The number of nitrogens with one attached hydrogen (secondary N) is 1. The van der Waals surface area contributed by atoms with Crippen LogP contribution >= 0.6 is 44.4 Å². The maximum atomic E-state index is 13.2. The molecule has 17 heteroatoms. The highest BCUT2D eigenvalue weighted by atomic mass is 35.5. The molecule has 0 aliphatic carbocycles. The molecule has 202 valence electrons. The number of rotatable bonds is 8. The first-order chi connectivity index (χ1) is 17.2. The molecule has 3 N–H and O–H groups in total. The molecule has 2 aliphatic rings. The number of anilines is 1. The summed E-state index contributed by atoms with van der Waals surface area (Å²) in [7, 11) is 1.84. The number of nitrogens with zero attached hydrogens (tertiary/aromatic N) is 4. The first-order valence-corrected chi connectivity index (χ1v) is 13.6. The number of esters is 1. The summed E-state index contributed by atoms with van der Waals surface area (Å²) in [6.07, 6.45) is 0. The van der Waals surface area contributed by atoms with E-state index < -0.39 is 52.1 Å². The molecule has 13 nitrogen and oxygen atoms in total. The number of hydrogen-bond donors (Lipinski definition) is 2. The fraction of sp³-hybridized carbons (Fsp3) is 0.550. The second-order valence-electron chi connectivity index (χ2n) is 9.35. The molecular formula is C20H26ClN6O7PS2. The van der Waals surface area contributed by atoms with Gasteiger partial charge in [0.25, 0.3) is 11.8 Å². The third-order valence-electron chi connectivity index (χ3n) is 4.92. The van der Waals surface area contributed by atoms with Crippen LogP contribution in [0.1, 0.15) is 40.4 Å². The van der Waals surface area contributed by atoms with Crippen molar-refractivity contribution in [3.63, 3.8) is 0 Å². The number of nitrogens with two attached hydrogens (primary N) is 1. The standard InChI is InChI=1S/C20H26ClN6O7PS2/c1-19(2,3)32-17(31)20(4,5)34-25-9(12-24-18(22)37-26-12)13(28)23-10-14(29)27-11(16(30)33-35)8(6-21)7-36-15(10)27/h10,15H,6-7,35H2,1-5H3,(H,23,28)(H2,22,24,26)/b25-9-/t10-,15-/m1/s1. The van der Waals surface area contributed by atoms with Crippen molar-refractivity contribution in [3.8, 4) is 0 Å². The highest BCUT2D eigenvalue weighted by Crippen LogP contribution is 2.41. The Kier molecular flexibility index (Phi) is 8.72. The fourth-order valence-corrected chi connectivity index (χ4v) is 5.38. The predicted molar refractivity (Wildman–Crippen MR) is 140 cm³/mol. The van der Waals surface area contributed by atoms with Crippen molar-refractivity contribution in [2.75, 3.05) is 17.4 Å². The average molecular weight is 593 g/mol. The highest BCUT2D eigenvalue weighted by Gasteiger charge is 2.54. The molecule has 2 aliphatic heterocycles. The lowest BCUT2D eigenvalue weighted by atomic mass is 10.0. The molecular weight excluding hydrogens is 567 g/mol. The number of thioether (sulfide) groups is 1. The summed E-state index contributed by atoms with van der Waals surface area (Å²) in [5, 5.41) is 5.91. The molecule has 37 heavy (non-hydrogen) atoms. The van der Waals surface area contributed by atoms with Crippen LogP contribution in [0, 0.1) is 0 Å². The summed E-state index contributed by atoms with van der Waals surface area (Å²) in [4.78, 5) is 61.6. The Morgan fingerprint density at radius 3 is 2.51 bits per heavy atom. The number of aromatic nitrogens is 2. The summed E-state index contributed by atoms with van der Waals surface area (Å²) in [6.45, 7) is 7.93. The zero-order valence-electron chi connectivity index (χ0n) is 20.6. The first-order valence-electron chi connectivity index (χ1n) is 10.7. The molecule has 0 saturated carbocycles. The molecule has 3 heterocycles. The maximum absolute atomic E-state index is 13.2. The zero-order chi connectivity index (χ0) is 27.7. The number of β-lactam (4-membered cyclic amide) rings is 1. The van der Waals surface area contributed by atoms with Crippen LogP contribution in [0.2, 0.25) is 0 Å². The Bertz CT molecular complexity index is 1180. The number of carbonyl (C=O) groups is 4. The second-order valence-corrected chi connectivity index (χ2v) is 11.7. The molecule has 1 unspecified atom stereocenters. The second kappa shape index (κ2) is 11.1. The zero-order valence-corrected chi connectivity index (χ0v) is 24.1. The molecule has 0 aromatic carbocycles. The van der Waals surface area contributed by atoms with Gasteiger partial charge in [-0.3, -0.25) is 14.5 Å². The minimum Gasteiger partial charge on any atom is -0.457 e. The van der Waals surface area contributed by atoms with Gasteiger partial charge >= 0.3 is 11.9 Å². The van der Waals surface area contributed by atoms with E-state index in [0.717, 1.165) is 11.5 Å². The molecule has 2 amide bonds. The third kappa shape index (κ3) is 6.33. The molecule has 0 spiro atoms. The van der Waals surface area contributed by atoms with E-state index in [4.69, 9.17) is 31.4 Å². The number of fused-ring (bicyclic) bond motifs is 1. The molecule has 1 fully saturated rings. The lowest BCUT2D eigenvalue weighted by Gasteiger charge is -2.49. The quantitative estimate of drug-likeness (QED) is 0.111. The van der Waals surface area contributed by atoms with Crippen LogP contribution in [-0.2, 0) is 33.3 Å². The lowest BCUT2D eigenvalue weighted by molar-refractivity contribution is -0.179. The fourth-order valence-electron chi connectivity index (χ4n) is 3.15. The van der Waals surface area contributed by atoms with Crippen molar-refractivity contribution < 1.29 is 33.3 Å². The Hall–Kier alpha value is -2.48. The van der Waals surface area contributed by atoms with E-state index in [9.17, 15) is 19.2 Å². The lowest BCUT2D eigenvalue weighted by Crippen LogP contribution is -2.71. The molecule has 0 bridgehead atoms. The summed E-state index contributed by atoms with van der Waals surface area (Å²) in [5.41, 5.74) is 3.50. The van der Waals surface area contributed by atoms with E-state index in [-0.39, 0.29) is 22.5 Å². The number of hydrogen-bond acceptors (Lipinski definition) is 13. The van der Waals surface area contributed by atoms with Gasteiger partial charge in [-0.25, -0.2) is 9.59 Å². The minimum absolute atomic E-state index is 0.0358. The topological polar surface area (TPSA) is 175 Å². The van der Waals surface area contributed by atoms with Gasteiger partial charge in [-0.15, -0.1) is 23.4 Å². The van der Waals surface area contributed by atoms with E-state index in [0.29, 0.717) is 11.3 Å². The maximum Gasteiger partial charge on any atom is 0.357 e. The van der Waals surface area contributed by atoms with Crippen LogP contribution in [0.3, 0.4) is 0 Å². The van der Waals surface area contributed by atoms with Crippen LogP contribution in [0.25, 0.3) is 0 Å². The number of halogens is 1. The number of amides is 2. The third-order valence-corrected chi connectivity index (χ3v) is 7.34. The molecule has 0 radical (unpaired) electrons. The van der Waals surface area contributed by atoms with Crippen LogP contribution in [0.15, 0.2) is 16.4 Å². The monoisotopic (exact) mass is 592 g/mol. The molecule has 1 aromatic rings. The SMILES string of the molecule is CC(C)(C)OC(=O)C(C)(C)O/N=C(\C(=O)N[C@@H]1C(=O)N2C(C(=O)OP)=C(CCl)CS[C@H]12)c1nsc(N)n1. The summed E-state index contributed by atoms with van der Waals surface area (Å²) in [6, 6.07) is -0.998. The van der Waals surface area contributed by atoms with Crippen LogP contribution in [0.4, 0.5) is 5.13 Å². The highest BCUT2D eigenvalue weighted by molar-refractivity contribution is 8.00. The van der Waals surface area contributed by atoms with E-state index in [1.165, 1.54) is 30.5 Å². The van der Waals surface area contributed by atoms with Gasteiger partial charge in [-0.05, 0) is 40.2 Å². The van der Waals surface area contributed by atoms with Gasteiger partial charge in [-0.1, -0.05) is 5.16 Å². The van der Waals surface area contributed by atoms with Crippen molar-refractivity contribution >= 4 is 79.0 Å². The van der Waals surface area contributed by atoms with E-state index in [1.54, 1.807) is 20.8 Å². The molecule has 1 aromatic heterocycles. The van der Waals surface area contributed by atoms with E-state index in [2.05, 4.69) is 19.8 Å². The van der Waals surface area contributed by atoms with Crippen LogP contribution in [-0.4, -0.2) is 78.0 Å². The van der Waals surface area contributed by atoms with Gasteiger partial charge in [-0.2, -0.15) is 9.36 Å². The van der Waals surface area contributed by atoms with Gasteiger partial charge in [0.15, 0.2) is 5.13 Å². The normalized spacial score (nSPS) is 20.1. The molecule has 3 rings (SSSR count). The molecule has 3 atom stereocenters. The number of alkyl halides is 1. The largest absolute Gasteiger partial charge is 0.457 e. The average Bonchev–Trinajstić information content (AvgIpc) is 3.25. The van der Waals surface area contributed by atoms with Crippen molar-refractivity contribution in [2.45, 2.75) is 57.2 Å². The Morgan fingerprint density at radius 2 is 1.97 bits per heavy atom. The van der Waals surface area contributed by atoms with E-state index in [1.807, 2.05) is 9.47 Å². The Labute approximate surface area is 228 Å². The van der Waals surface area contributed by atoms with Gasteiger partial charge in [0.05, 0.1) is 9.47 Å². The number of ether oxygens (including phenoxy) is 1. The van der Waals surface area contributed by atoms with Crippen molar-refractivity contribution in [1.29, 1.82) is 0 Å². The van der Waals surface area contributed by atoms with Gasteiger partial charge < -0.3 is 25.1 Å².